The number of nitrogens with zero attached hydrogens (tertiary/aromatic N) is 1. The van der Waals surface area contributed by atoms with E-state index in [2.05, 4.69) is 58.9 Å². The standard InChI is InChI=1S/C17H26N4O.HI/c1-4-18-17(20-10-11-22-3)19-9-8-14-12-21-16-13(2)6-5-7-15(14)16;/h5-7,12,21H,4,8-11H2,1-3H3,(H2,18,19,20);1H. The van der Waals surface area contributed by atoms with Gasteiger partial charge in [-0.05, 0) is 31.4 Å². The van der Waals surface area contributed by atoms with E-state index in [-0.39, 0.29) is 24.0 Å². The lowest BCUT2D eigenvalue weighted by Crippen LogP contribution is -2.38. The number of rotatable bonds is 7. The third-order valence-corrected chi connectivity index (χ3v) is 3.61. The van der Waals surface area contributed by atoms with Crippen molar-refractivity contribution in [2.24, 2.45) is 4.99 Å². The lowest BCUT2D eigenvalue weighted by atomic mass is 10.1. The Balaban J connectivity index is 0.00000264. The minimum Gasteiger partial charge on any atom is -0.383 e. The number of fused-ring (bicyclic) bond motifs is 1. The fourth-order valence-electron chi connectivity index (χ4n) is 2.48. The first-order valence-electron chi connectivity index (χ1n) is 7.83. The smallest absolute Gasteiger partial charge is 0.191 e. The van der Waals surface area contributed by atoms with Gasteiger partial charge in [0.25, 0.3) is 0 Å². The van der Waals surface area contributed by atoms with Crippen LogP contribution in [-0.2, 0) is 11.2 Å². The zero-order valence-electron chi connectivity index (χ0n) is 14.1. The SMILES string of the molecule is CCNC(=NCCOC)NCCc1c[nH]c2c(C)cccc12.I. The van der Waals surface area contributed by atoms with E-state index in [1.165, 1.54) is 22.0 Å². The molecule has 0 saturated carbocycles. The molecular formula is C17H27IN4O. The summed E-state index contributed by atoms with van der Waals surface area (Å²) in [5.74, 6) is 0.843. The number of guanidine groups is 1. The van der Waals surface area contributed by atoms with Crippen molar-refractivity contribution in [2.75, 3.05) is 33.4 Å². The summed E-state index contributed by atoms with van der Waals surface area (Å²) in [6.45, 7) is 7.20. The third kappa shape index (κ3) is 5.69. The van der Waals surface area contributed by atoms with Crippen LogP contribution < -0.4 is 10.6 Å². The van der Waals surface area contributed by atoms with Crippen molar-refractivity contribution in [1.82, 2.24) is 15.6 Å². The fraction of sp³-hybridized carbons (Fsp3) is 0.471. The molecule has 2 rings (SSSR count). The van der Waals surface area contributed by atoms with E-state index in [1.54, 1.807) is 7.11 Å². The van der Waals surface area contributed by atoms with E-state index in [4.69, 9.17) is 4.74 Å². The number of aromatic amines is 1. The van der Waals surface area contributed by atoms with Crippen LogP contribution in [0.15, 0.2) is 29.4 Å². The first-order chi connectivity index (χ1) is 10.8. The number of halogens is 1. The highest BCUT2D eigenvalue weighted by atomic mass is 127. The topological polar surface area (TPSA) is 61.4 Å². The molecule has 1 heterocycles. The molecule has 0 bridgehead atoms. The van der Waals surface area contributed by atoms with Gasteiger partial charge in [-0.15, -0.1) is 24.0 Å². The van der Waals surface area contributed by atoms with Gasteiger partial charge in [0.15, 0.2) is 5.96 Å². The van der Waals surface area contributed by atoms with E-state index in [0.717, 1.165) is 25.5 Å². The van der Waals surface area contributed by atoms with Crippen molar-refractivity contribution in [1.29, 1.82) is 0 Å². The van der Waals surface area contributed by atoms with Crippen LogP contribution in [0.1, 0.15) is 18.1 Å². The van der Waals surface area contributed by atoms with Crippen molar-refractivity contribution in [2.45, 2.75) is 20.3 Å². The zero-order valence-corrected chi connectivity index (χ0v) is 16.4. The number of aromatic nitrogens is 1. The zero-order chi connectivity index (χ0) is 15.8. The maximum atomic E-state index is 5.03. The van der Waals surface area contributed by atoms with Gasteiger partial charge in [-0.3, -0.25) is 4.99 Å². The van der Waals surface area contributed by atoms with E-state index in [0.29, 0.717) is 13.2 Å². The maximum Gasteiger partial charge on any atom is 0.191 e. The summed E-state index contributed by atoms with van der Waals surface area (Å²) in [4.78, 5) is 7.83. The Hall–Kier alpha value is -1.28. The second kappa shape index (κ2) is 10.5. The summed E-state index contributed by atoms with van der Waals surface area (Å²) in [6, 6.07) is 6.41. The monoisotopic (exact) mass is 430 g/mol. The first kappa shape index (κ1) is 19.8. The molecule has 128 valence electrons. The number of aryl methyl sites for hydroxylation is 1. The van der Waals surface area contributed by atoms with Crippen LogP contribution in [0.2, 0.25) is 0 Å². The van der Waals surface area contributed by atoms with E-state index in [1.807, 2.05) is 0 Å². The lowest BCUT2D eigenvalue weighted by molar-refractivity contribution is 0.208. The number of hydrogen-bond donors (Lipinski definition) is 3. The van der Waals surface area contributed by atoms with Crippen LogP contribution in [-0.4, -0.2) is 44.3 Å². The number of aliphatic imine (C=N–C) groups is 1. The van der Waals surface area contributed by atoms with Crippen LogP contribution in [0.5, 0.6) is 0 Å². The van der Waals surface area contributed by atoms with Crippen LogP contribution in [0.3, 0.4) is 0 Å². The highest BCUT2D eigenvalue weighted by molar-refractivity contribution is 14.0. The number of para-hydroxylation sites is 1. The van der Waals surface area contributed by atoms with Gasteiger partial charge in [0, 0.05) is 37.3 Å². The highest BCUT2D eigenvalue weighted by Crippen LogP contribution is 2.21. The van der Waals surface area contributed by atoms with Gasteiger partial charge >= 0.3 is 0 Å². The molecule has 1 aromatic carbocycles. The van der Waals surface area contributed by atoms with Gasteiger partial charge in [-0.25, -0.2) is 0 Å². The summed E-state index contributed by atoms with van der Waals surface area (Å²) in [6.07, 6.45) is 3.06. The summed E-state index contributed by atoms with van der Waals surface area (Å²) in [5.41, 5.74) is 3.85. The van der Waals surface area contributed by atoms with Crippen molar-refractivity contribution >= 4 is 40.8 Å². The molecule has 0 aliphatic rings. The molecule has 0 aliphatic carbocycles. The van der Waals surface area contributed by atoms with Gasteiger partial charge in [-0.1, -0.05) is 18.2 Å². The Morgan fingerprint density at radius 3 is 2.87 bits per heavy atom. The Labute approximate surface area is 155 Å². The molecular weight excluding hydrogens is 403 g/mol. The molecule has 2 aromatic rings. The second-order valence-electron chi connectivity index (χ2n) is 5.24. The highest BCUT2D eigenvalue weighted by Gasteiger charge is 2.05. The molecule has 0 fully saturated rings. The summed E-state index contributed by atoms with van der Waals surface area (Å²) < 4.78 is 5.03. The van der Waals surface area contributed by atoms with Crippen molar-refractivity contribution in [3.63, 3.8) is 0 Å². The Morgan fingerprint density at radius 1 is 1.30 bits per heavy atom. The average molecular weight is 430 g/mol. The van der Waals surface area contributed by atoms with Gasteiger partial charge in [-0.2, -0.15) is 0 Å². The van der Waals surface area contributed by atoms with Crippen molar-refractivity contribution < 1.29 is 4.74 Å². The largest absolute Gasteiger partial charge is 0.383 e. The number of ether oxygens (including phenoxy) is 1. The van der Waals surface area contributed by atoms with Crippen molar-refractivity contribution in [3.8, 4) is 0 Å². The molecule has 0 atom stereocenters. The molecule has 0 unspecified atom stereocenters. The molecule has 6 heteroatoms. The quantitative estimate of drug-likeness (QED) is 0.274. The molecule has 0 amide bonds. The van der Waals surface area contributed by atoms with Crippen LogP contribution in [0.4, 0.5) is 0 Å². The van der Waals surface area contributed by atoms with E-state index in [9.17, 15) is 0 Å². The van der Waals surface area contributed by atoms with Crippen molar-refractivity contribution in [3.05, 3.63) is 35.5 Å². The van der Waals surface area contributed by atoms with Gasteiger partial charge in [0.1, 0.15) is 0 Å². The molecule has 0 radical (unpaired) electrons. The van der Waals surface area contributed by atoms with Crippen LogP contribution >= 0.6 is 24.0 Å². The molecule has 23 heavy (non-hydrogen) atoms. The third-order valence-electron chi connectivity index (χ3n) is 3.61. The number of benzene rings is 1. The lowest BCUT2D eigenvalue weighted by Gasteiger charge is -2.11. The number of hydrogen-bond acceptors (Lipinski definition) is 2. The summed E-state index contributed by atoms with van der Waals surface area (Å²) in [5, 5.41) is 7.92. The second-order valence-corrected chi connectivity index (χ2v) is 5.24. The number of methoxy groups -OCH3 is 1. The Bertz CT molecular complexity index is 624. The Kier molecular flexibility index (Phi) is 9.01. The molecule has 5 nitrogen and oxygen atoms in total. The predicted molar refractivity (Wildman–Crippen MR) is 108 cm³/mol. The van der Waals surface area contributed by atoms with E-state index >= 15 is 0 Å². The Morgan fingerprint density at radius 2 is 2.13 bits per heavy atom. The number of nitrogens with one attached hydrogen (secondary N) is 3. The maximum absolute atomic E-state index is 5.03. The molecule has 1 aromatic heterocycles. The van der Waals surface area contributed by atoms with Gasteiger partial charge < -0.3 is 20.4 Å². The summed E-state index contributed by atoms with van der Waals surface area (Å²) >= 11 is 0. The predicted octanol–water partition coefficient (Wildman–Crippen LogP) is 2.84. The van der Waals surface area contributed by atoms with Gasteiger partial charge in [0.2, 0.25) is 0 Å². The minimum atomic E-state index is 0. The molecule has 0 aliphatic heterocycles. The summed E-state index contributed by atoms with van der Waals surface area (Å²) in [7, 11) is 1.69. The first-order valence-corrected chi connectivity index (χ1v) is 7.83. The average Bonchev–Trinajstić information content (AvgIpc) is 2.92. The molecule has 0 spiro atoms. The minimum absolute atomic E-state index is 0. The normalized spacial score (nSPS) is 11.3. The van der Waals surface area contributed by atoms with Crippen LogP contribution in [0, 0.1) is 6.92 Å². The van der Waals surface area contributed by atoms with Gasteiger partial charge in [0.05, 0.1) is 13.2 Å². The number of H-pyrrole nitrogens is 1. The van der Waals surface area contributed by atoms with E-state index < -0.39 is 0 Å². The fourth-order valence-corrected chi connectivity index (χ4v) is 2.48. The van der Waals surface area contributed by atoms with Crippen LogP contribution in [0.25, 0.3) is 10.9 Å². The molecule has 0 saturated heterocycles. The molecule has 3 N–H and O–H groups in total.